The van der Waals surface area contributed by atoms with Gasteiger partial charge in [-0.2, -0.15) is 0 Å². The van der Waals surface area contributed by atoms with Crippen LogP contribution in [0.3, 0.4) is 0 Å². The first-order valence-electron chi connectivity index (χ1n) is 5.07. The molecule has 4 heteroatoms. The Bertz CT molecular complexity index is 315. The minimum atomic E-state index is -1.35. The van der Waals surface area contributed by atoms with E-state index in [2.05, 4.69) is 13.8 Å². The van der Waals surface area contributed by atoms with Crippen LogP contribution in [0.1, 0.15) is 13.8 Å². The monoisotopic (exact) mass is 188 g/mol. The Kier molecular flexibility index (Phi) is 2.41. The lowest BCUT2D eigenvalue weighted by atomic mass is 9.58. The van der Waals surface area contributed by atoms with Gasteiger partial charge in [0.15, 0.2) is 6.71 Å². The van der Waals surface area contributed by atoms with E-state index in [1.54, 1.807) is 12.1 Å². The molecule has 0 bridgehead atoms. The molecular formula is C10H14B2O2. The number of hydrogen-bond acceptors (Lipinski definition) is 2. The van der Waals surface area contributed by atoms with E-state index in [0.717, 1.165) is 11.6 Å². The summed E-state index contributed by atoms with van der Waals surface area (Å²) in [5.41, 5.74) is 1.88. The Balaban J connectivity index is 2.15. The standard InChI is InChI=1S/C10H14B2O2/c1-7-8(2)11(7)9-3-5-10(6-4-9)12(13)14/h3-8,13-14H,1-2H3. The lowest BCUT2D eigenvalue weighted by molar-refractivity contribution is 0.426. The smallest absolute Gasteiger partial charge is 0.423 e. The summed E-state index contributed by atoms with van der Waals surface area (Å²) in [4.78, 5) is 0. The van der Waals surface area contributed by atoms with Crippen LogP contribution in [0.5, 0.6) is 0 Å². The second-order valence-electron chi connectivity index (χ2n) is 4.28. The van der Waals surface area contributed by atoms with Gasteiger partial charge < -0.3 is 10.0 Å². The molecule has 2 rings (SSSR count). The number of rotatable bonds is 2. The highest BCUT2D eigenvalue weighted by molar-refractivity contribution is 6.85. The third kappa shape index (κ3) is 1.60. The molecule has 1 heterocycles. The molecule has 0 aromatic heterocycles. The normalized spacial score (nSPS) is 25.0. The van der Waals surface area contributed by atoms with Gasteiger partial charge in [0.2, 0.25) is 0 Å². The van der Waals surface area contributed by atoms with Crippen LogP contribution >= 0.6 is 0 Å². The number of benzene rings is 1. The van der Waals surface area contributed by atoms with E-state index in [1.165, 1.54) is 5.46 Å². The first-order chi connectivity index (χ1) is 6.61. The highest BCUT2D eigenvalue weighted by Crippen LogP contribution is 2.47. The van der Waals surface area contributed by atoms with Crippen molar-refractivity contribution in [3.63, 3.8) is 0 Å². The van der Waals surface area contributed by atoms with Gasteiger partial charge in [-0.05, 0) is 5.46 Å². The molecule has 1 fully saturated rings. The van der Waals surface area contributed by atoms with Crippen LogP contribution in [-0.2, 0) is 0 Å². The Morgan fingerprint density at radius 2 is 1.57 bits per heavy atom. The van der Waals surface area contributed by atoms with E-state index < -0.39 is 7.12 Å². The zero-order chi connectivity index (χ0) is 10.3. The molecule has 2 atom stereocenters. The predicted octanol–water partition coefficient (Wildman–Crippen LogP) is -0.138. The SMILES string of the molecule is CC1B(c2ccc(B(O)O)cc2)C1C. The maximum atomic E-state index is 8.93. The van der Waals surface area contributed by atoms with Crippen molar-refractivity contribution >= 4 is 24.8 Å². The van der Waals surface area contributed by atoms with Crippen LogP contribution in [0.15, 0.2) is 24.3 Å². The minimum Gasteiger partial charge on any atom is -0.423 e. The van der Waals surface area contributed by atoms with Crippen molar-refractivity contribution in [2.75, 3.05) is 0 Å². The fraction of sp³-hybridized carbons (Fsp3) is 0.400. The van der Waals surface area contributed by atoms with Crippen molar-refractivity contribution < 1.29 is 10.0 Å². The highest BCUT2D eigenvalue weighted by atomic mass is 16.4. The molecule has 0 saturated carbocycles. The first-order valence-corrected chi connectivity index (χ1v) is 5.07. The maximum Gasteiger partial charge on any atom is 0.488 e. The molecule has 0 radical (unpaired) electrons. The summed E-state index contributed by atoms with van der Waals surface area (Å²) in [6, 6.07) is 7.58. The summed E-state index contributed by atoms with van der Waals surface area (Å²) < 4.78 is 0. The van der Waals surface area contributed by atoms with Gasteiger partial charge in [-0.25, -0.2) is 0 Å². The van der Waals surface area contributed by atoms with Crippen LogP contribution in [0.4, 0.5) is 0 Å². The molecule has 0 aliphatic carbocycles. The summed E-state index contributed by atoms with van der Waals surface area (Å²) in [5, 5.41) is 17.9. The zero-order valence-corrected chi connectivity index (χ0v) is 8.51. The van der Waals surface area contributed by atoms with Crippen LogP contribution in [0, 0.1) is 0 Å². The van der Waals surface area contributed by atoms with E-state index in [-0.39, 0.29) is 0 Å². The van der Waals surface area contributed by atoms with Crippen molar-refractivity contribution in [1.29, 1.82) is 0 Å². The molecule has 0 spiro atoms. The Morgan fingerprint density at radius 1 is 1.07 bits per heavy atom. The van der Waals surface area contributed by atoms with Gasteiger partial charge in [-0.3, -0.25) is 0 Å². The van der Waals surface area contributed by atoms with Crippen molar-refractivity contribution in [2.24, 2.45) is 0 Å². The lowest BCUT2D eigenvalue weighted by Gasteiger charge is -2.01. The fourth-order valence-electron chi connectivity index (χ4n) is 2.16. The van der Waals surface area contributed by atoms with Gasteiger partial charge >= 0.3 is 7.12 Å². The molecule has 2 unspecified atom stereocenters. The van der Waals surface area contributed by atoms with Crippen LogP contribution in [0.2, 0.25) is 11.6 Å². The van der Waals surface area contributed by atoms with Crippen LogP contribution in [-0.4, -0.2) is 23.9 Å². The van der Waals surface area contributed by atoms with Crippen LogP contribution < -0.4 is 10.9 Å². The summed E-state index contributed by atoms with van der Waals surface area (Å²) in [7, 11) is -1.35. The average Bonchev–Trinajstić information content (AvgIpc) is 2.75. The van der Waals surface area contributed by atoms with Crippen molar-refractivity contribution in [3.05, 3.63) is 24.3 Å². The predicted molar refractivity (Wildman–Crippen MR) is 60.5 cm³/mol. The van der Waals surface area contributed by atoms with E-state index >= 15 is 0 Å². The average molecular weight is 188 g/mol. The molecule has 2 nitrogen and oxygen atoms in total. The summed E-state index contributed by atoms with van der Waals surface area (Å²) >= 11 is 0. The molecular weight excluding hydrogens is 174 g/mol. The van der Waals surface area contributed by atoms with E-state index in [1.807, 2.05) is 12.1 Å². The van der Waals surface area contributed by atoms with Gasteiger partial charge in [0, 0.05) is 0 Å². The maximum absolute atomic E-state index is 8.93. The topological polar surface area (TPSA) is 40.5 Å². The summed E-state index contributed by atoms with van der Waals surface area (Å²) in [5.74, 6) is 1.53. The quantitative estimate of drug-likeness (QED) is 0.634. The molecule has 1 aromatic rings. The van der Waals surface area contributed by atoms with Gasteiger partial charge in [0.25, 0.3) is 0 Å². The summed E-state index contributed by atoms with van der Waals surface area (Å²) in [6.07, 6.45) is 0. The molecule has 14 heavy (non-hydrogen) atoms. The fourth-order valence-corrected chi connectivity index (χ4v) is 2.16. The third-order valence-corrected chi connectivity index (χ3v) is 3.44. The molecule has 1 saturated heterocycles. The van der Waals surface area contributed by atoms with Crippen molar-refractivity contribution in [3.8, 4) is 0 Å². The van der Waals surface area contributed by atoms with Crippen LogP contribution in [0.25, 0.3) is 0 Å². The minimum absolute atomic E-state index is 0.565. The van der Waals surface area contributed by atoms with Crippen molar-refractivity contribution in [1.82, 2.24) is 0 Å². The van der Waals surface area contributed by atoms with E-state index in [0.29, 0.717) is 12.2 Å². The molecule has 0 amide bonds. The largest absolute Gasteiger partial charge is 0.488 e. The molecule has 1 aromatic carbocycles. The third-order valence-electron chi connectivity index (χ3n) is 3.44. The Morgan fingerprint density at radius 3 is 1.93 bits per heavy atom. The summed E-state index contributed by atoms with van der Waals surface area (Å²) in [6.45, 7) is 5.17. The second-order valence-corrected chi connectivity index (χ2v) is 4.28. The highest BCUT2D eigenvalue weighted by Gasteiger charge is 2.47. The first kappa shape index (κ1) is 9.81. The Labute approximate surface area is 85.2 Å². The Hall–Kier alpha value is -0.730. The number of hydrogen-bond donors (Lipinski definition) is 2. The molecule has 1 aliphatic heterocycles. The van der Waals surface area contributed by atoms with Gasteiger partial charge in [-0.15, -0.1) is 0 Å². The van der Waals surface area contributed by atoms with Gasteiger partial charge in [-0.1, -0.05) is 55.2 Å². The van der Waals surface area contributed by atoms with E-state index in [9.17, 15) is 0 Å². The molecule has 72 valence electrons. The molecule has 1 aliphatic rings. The van der Waals surface area contributed by atoms with Gasteiger partial charge in [0.05, 0.1) is 0 Å². The second kappa shape index (κ2) is 3.44. The van der Waals surface area contributed by atoms with Crippen molar-refractivity contribution in [2.45, 2.75) is 25.5 Å². The van der Waals surface area contributed by atoms with Gasteiger partial charge in [0.1, 0.15) is 0 Å². The lowest BCUT2D eigenvalue weighted by Crippen LogP contribution is -2.31. The zero-order valence-electron chi connectivity index (χ0n) is 8.51. The molecule has 2 N–H and O–H groups in total. The van der Waals surface area contributed by atoms with E-state index in [4.69, 9.17) is 10.0 Å².